The van der Waals surface area contributed by atoms with Gasteiger partial charge in [-0.15, -0.1) is 0 Å². The van der Waals surface area contributed by atoms with Crippen LogP contribution in [0.1, 0.15) is 78.2 Å². The van der Waals surface area contributed by atoms with Gasteiger partial charge in [0.1, 0.15) is 0 Å². The molecule has 2 aliphatic heterocycles. The van der Waals surface area contributed by atoms with Crippen LogP contribution >= 0.6 is 11.6 Å². The van der Waals surface area contributed by atoms with Crippen molar-refractivity contribution in [2.24, 2.45) is 0 Å². The average Bonchev–Trinajstić information content (AvgIpc) is 3.36. The lowest BCUT2D eigenvalue weighted by atomic mass is 9.94. The predicted molar refractivity (Wildman–Crippen MR) is 167 cm³/mol. The number of urea groups is 1. The summed E-state index contributed by atoms with van der Waals surface area (Å²) in [6.45, 7) is 5.28. The van der Waals surface area contributed by atoms with E-state index in [0.29, 0.717) is 17.0 Å². The molecule has 226 valence electrons. The van der Waals surface area contributed by atoms with Crippen LogP contribution in [0.2, 0.25) is 5.02 Å². The number of aromatic carboxylic acids is 1. The first-order chi connectivity index (χ1) is 20.9. The number of likely N-dealkylation sites (tertiary alicyclic amines) is 1. The molecule has 43 heavy (non-hydrogen) atoms. The Balaban J connectivity index is 1.09. The molecule has 1 atom stereocenters. The Hall–Kier alpha value is -3.69. The fraction of sp³-hybridized carbons (Fsp3) is 0.455. The molecule has 3 aromatic rings. The first-order valence-electron chi connectivity index (χ1n) is 15.4. The summed E-state index contributed by atoms with van der Waals surface area (Å²) >= 11 is 6.40. The number of nitrogens with zero attached hydrogens (tertiary/aromatic N) is 5. The molecule has 3 fully saturated rings. The van der Waals surface area contributed by atoms with Gasteiger partial charge in [-0.05, 0) is 74.6 Å². The summed E-state index contributed by atoms with van der Waals surface area (Å²) in [5.74, 6) is -0.480. The van der Waals surface area contributed by atoms with Crippen LogP contribution < -0.4 is 5.32 Å². The number of aromatic nitrogens is 2. The summed E-state index contributed by atoms with van der Waals surface area (Å²) in [5.41, 5.74) is 4.07. The normalized spacial score (nSPS) is 20.5. The van der Waals surface area contributed by atoms with Gasteiger partial charge in [0.2, 0.25) is 5.95 Å². The molecular weight excluding hydrogens is 564 g/mol. The highest BCUT2D eigenvalue weighted by atomic mass is 35.5. The van der Waals surface area contributed by atoms with Crippen LogP contribution in [-0.4, -0.2) is 73.5 Å². The Morgan fingerprint density at radius 1 is 1.02 bits per heavy atom. The second-order valence-electron chi connectivity index (χ2n) is 12.0. The van der Waals surface area contributed by atoms with Gasteiger partial charge < -0.3 is 20.2 Å². The van der Waals surface area contributed by atoms with Crippen molar-refractivity contribution in [3.05, 3.63) is 82.1 Å². The predicted octanol–water partition coefficient (Wildman–Crippen LogP) is 6.66. The van der Waals surface area contributed by atoms with E-state index in [9.17, 15) is 9.59 Å². The molecule has 1 saturated carbocycles. The third kappa shape index (κ3) is 6.63. The topological polar surface area (TPSA) is 102 Å². The van der Waals surface area contributed by atoms with Crippen molar-refractivity contribution < 1.29 is 14.7 Å². The molecule has 10 heteroatoms. The molecule has 6 rings (SSSR count). The molecule has 0 spiro atoms. The van der Waals surface area contributed by atoms with Gasteiger partial charge in [-0.3, -0.25) is 4.90 Å². The molecule has 2 aromatic carbocycles. The van der Waals surface area contributed by atoms with E-state index in [1.165, 1.54) is 19.3 Å². The number of benzene rings is 2. The second-order valence-corrected chi connectivity index (χ2v) is 12.5. The SMILES string of the molecule is Cc1nc(Nc2ccc(C(=O)O)cc2)ncc1CN1CCC(N2C(=O)N(C3CCCCC3)CC2c2cccc(Cl)c2)CC1. The lowest BCUT2D eigenvalue weighted by Gasteiger charge is -2.39. The highest BCUT2D eigenvalue weighted by Crippen LogP contribution is 2.38. The number of carboxylic acids is 1. The fourth-order valence-corrected chi connectivity index (χ4v) is 7.05. The van der Waals surface area contributed by atoms with Crippen molar-refractivity contribution in [3.8, 4) is 0 Å². The number of piperidine rings is 1. The lowest BCUT2D eigenvalue weighted by molar-refractivity contribution is 0.0696. The number of nitrogens with one attached hydrogen (secondary N) is 1. The zero-order valence-corrected chi connectivity index (χ0v) is 25.3. The summed E-state index contributed by atoms with van der Waals surface area (Å²) < 4.78 is 0. The van der Waals surface area contributed by atoms with E-state index in [-0.39, 0.29) is 23.7 Å². The summed E-state index contributed by atoms with van der Waals surface area (Å²) in [5, 5.41) is 13.0. The van der Waals surface area contributed by atoms with Crippen molar-refractivity contribution in [3.63, 3.8) is 0 Å². The molecule has 0 bridgehead atoms. The molecule has 9 nitrogen and oxygen atoms in total. The number of carboxylic acid groups (broad SMARTS) is 1. The summed E-state index contributed by atoms with van der Waals surface area (Å²) in [4.78, 5) is 41.0. The number of anilines is 2. The van der Waals surface area contributed by atoms with Gasteiger partial charge in [-0.25, -0.2) is 19.6 Å². The van der Waals surface area contributed by atoms with Crippen LogP contribution in [0.15, 0.2) is 54.7 Å². The van der Waals surface area contributed by atoms with Crippen molar-refractivity contribution in [1.29, 1.82) is 0 Å². The van der Waals surface area contributed by atoms with Crippen molar-refractivity contribution in [2.45, 2.75) is 76.5 Å². The van der Waals surface area contributed by atoms with Crippen LogP contribution in [0.3, 0.4) is 0 Å². The maximum atomic E-state index is 14.0. The van der Waals surface area contributed by atoms with Gasteiger partial charge in [0.15, 0.2) is 0 Å². The zero-order chi connectivity index (χ0) is 29.9. The molecular formula is C33H39ClN6O3. The third-order valence-corrected chi connectivity index (χ3v) is 9.47. The maximum Gasteiger partial charge on any atom is 0.335 e. The number of amides is 2. The molecule has 3 aliphatic rings. The Morgan fingerprint density at radius 2 is 1.77 bits per heavy atom. The van der Waals surface area contributed by atoms with Crippen LogP contribution in [0, 0.1) is 6.92 Å². The van der Waals surface area contributed by atoms with Gasteiger partial charge in [0, 0.05) is 66.4 Å². The quantitative estimate of drug-likeness (QED) is 0.297. The standard InChI is InChI=1S/C33H39ClN6O3/c1-22-25(19-35-32(36-22)37-27-12-10-23(11-13-27)31(41)42)20-38-16-14-29(15-17-38)40-30(24-6-5-7-26(34)18-24)21-39(33(40)43)28-8-3-2-4-9-28/h5-7,10-13,18-19,28-30H,2-4,8-9,14-17,20-21H2,1H3,(H,41,42)(H,35,36,37). The van der Waals surface area contributed by atoms with Crippen LogP contribution in [0.25, 0.3) is 0 Å². The number of hydrogen-bond donors (Lipinski definition) is 2. The zero-order valence-electron chi connectivity index (χ0n) is 24.6. The van der Waals surface area contributed by atoms with Crippen molar-refractivity contribution >= 4 is 35.2 Å². The largest absolute Gasteiger partial charge is 0.478 e. The average molecular weight is 603 g/mol. The number of aryl methyl sites for hydroxylation is 1. The van der Waals surface area contributed by atoms with Gasteiger partial charge in [-0.1, -0.05) is 43.0 Å². The first kappa shape index (κ1) is 29.4. The summed E-state index contributed by atoms with van der Waals surface area (Å²) in [6.07, 6.45) is 9.60. The highest BCUT2D eigenvalue weighted by Gasteiger charge is 2.45. The smallest absolute Gasteiger partial charge is 0.335 e. The minimum absolute atomic E-state index is 0.0284. The molecule has 1 aromatic heterocycles. The van der Waals surface area contributed by atoms with Crippen molar-refractivity contribution in [1.82, 2.24) is 24.7 Å². The summed E-state index contributed by atoms with van der Waals surface area (Å²) in [7, 11) is 0. The Labute approximate surface area is 257 Å². The van der Waals surface area contributed by atoms with Gasteiger partial charge in [0.25, 0.3) is 0 Å². The third-order valence-electron chi connectivity index (χ3n) is 9.23. The van der Waals surface area contributed by atoms with E-state index < -0.39 is 5.97 Å². The second kappa shape index (κ2) is 12.9. The molecule has 1 aliphatic carbocycles. The van der Waals surface area contributed by atoms with Crippen LogP contribution in [0.4, 0.5) is 16.4 Å². The molecule has 0 radical (unpaired) electrons. The van der Waals surface area contributed by atoms with E-state index in [0.717, 1.165) is 74.4 Å². The molecule has 2 N–H and O–H groups in total. The van der Waals surface area contributed by atoms with Gasteiger partial charge in [0.05, 0.1) is 11.6 Å². The molecule has 3 heterocycles. The van der Waals surface area contributed by atoms with E-state index in [1.54, 1.807) is 24.3 Å². The Bertz CT molecular complexity index is 1450. The van der Waals surface area contributed by atoms with Crippen LogP contribution in [-0.2, 0) is 6.54 Å². The van der Waals surface area contributed by atoms with Gasteiger partial charge >= 0.3 is 12.0 Å². The van der Waals surface area contributed by atoms with Gasteiger partial charge in [-0.2, -0.15) is 0 Å². The summed E-state index contributed by atoms with van der Waals surface area (Å²) in [6, 6.07) is 15.3. The number of hydrogen-bond acceptors (Lipinski definition) is 6. The number of rotatable bonds is 8. The van der Waals surface area contributed by atoms with Crippen molar-refractivity contribution in [2.75, 3.05) is 25.0 Å². The highest BCUT2D eigenvalue weighted by molar-refractivity contribution is 6.30. The molecule has 1 unspecified atom stereocenters. The monoisotopic (exact) mass is 602 g/mol. The van der Waals surface area contributed by atoms with E-state index in [4.69, 9.17) is 16.7 Å². The minimum Gasteiger partial charge on any atom is -0.478 e. The maximum absolute atomic E-state index is 14.0. The van der Waals surface area contributed by atoms with E-state index in [1.807, 2.05) is 31.3 Å². The number of halogens is 1. The van der Waals surface area contributed by atoms with E-state index in [2.05, 4.69) is 36.1 Å². The Kier molecular flexibility index (Phi) is 8.81. The minimum atomic E-state index is -0.957. The molecule has 2 saturated heterocycles. The first-order valence-corrected chi connectivity index (χ1v) is 15.7. The van der Waals surface area contributed by atoms with E-state index >= 15 is 0 Å². The number of carbonyl (C=O) groups excluding carboxylic acids is 1. The fourth-order valence-electron chi connectivity index (χ4n) is 6.85. The number of carbonyl (C=O) groups is 2. The Morgan fingerprint density at radius 3 is 2.44 bits per heavy atom. The van der Waals surface area contributed by atoms with Crippen LogP contribution in [0.5, 0.6) is 0 Å². The lowest BCUT2D eigenvalue weighted by Crippen LogP contribution is -2.48. The molecule has 2 amide bonds.